The van der Waals surface area contributed by atoms with Crippen LogP contribution < -0.4 is 0 Å². The molecular formula is C9H20O5Si. The molecule has 0 aliphatic carbocycles. The molecule has 0 saturated heterocycles. The van der Waals surface area contributed by atoms with Gasteiger partial charge >= 0.3 is 14.8 Å². The van der Waals surface area contributed by atoms with E-state index in [0.717, 1.165) is 0 Å². The fourth-order valence-corrected chi connectivity index (χ4v) is 3.76. The summed E-state index contributed by atoms with van der Waals surface area (Å²) in [4.78, 5) is 11.0. The van der Waals surface area contributed by atoms with Crippen LogP contribution in [0.15, 0.2) is 0 Å². The third-order valence-electron chi connectivity index (χ3n) is 1.94. The Morgan fingerprint density at radius 1 is 1.13 bits per heavy atom. The van der Waals surface area contributed by atoms with Crippen molar-refractivity contribution in [2.75, 3.05) is 19.8 Å². The van der Waals surface area contributed by atoms with E-state index >= 15 is 0 Å². The summed E-state index contributed by atoms with van der Waals surface area (Å²) in [6, 6.07) is 0. The van der Waals surface area contributed by atoms with Gasteiger partial charge in [-0.2, -0.15) is 0 Å². The van der Waals surface area contributed by atoms with Crippen LogP contribution in [0.5, 0.6) is 0 Å². The first-order valence-corrected chi connectivity index (χ1v) is 6.98. The highest BCUT2D eigenvalue weighted by molar-refractivity contribution is 6.66. The number of carboxylic acids is 1. The third kappa shape index (κ3) is 3.90. The minimum atomic E-state index is -3.06. The molecule has 0 heterocycles. The summed E-state index contributed by atoms with van der Waals surface area (Å²) in [5, 5.41) is 8.99. The van der Waals surface area contributed by atoms with E-state index in [1.165, 1.54) is 0 Å². The molecule has 0 spiro atoms. The smallest absolute Gasteiger partial charge is 0.481 e. The zero-order chi connectivity index (χ0) is 11.9. The molecule has 0 aromatic rings. The zero-order valence-electron chi connectivity index (χ0n) is 9.78. The van der Waals surface area contributed by atoms with Crippen LogP contribution >= 0.6 is 0 Å². The molecular weight excluding hydrogens is 216 g/mol. The van der Waals surface area contributed by atoms with Gasteiger partial charge in [0, 0.05) is 19.8 Å². The molecule has 0 saturated carbocycles. The van der Waals surface area contributed by atoms with E-state index < -0.39 is 20.3 Å². The van der Waals surface area contributed by atoms with Crippen molar-refractivity contribution in [3.05, 3.63) is 0 Å². The molecule has 15 heavy (non-hydrogen) atoms. The quantitative estimate of drug-likeness (QED) is 0.647. The van der Waals surface area contributed by atoms with Crippen LogP contribution in [0.2, 0.25) is 5.54 Å². The highest BCUT2D eigenvalue weighted by Gasteiger charge is 2.50. The summed E-state index contributed by atoms with van der Waals surface area (Å²) in [6.45, 7) is 8.14. The highest BCUT2D eigenvalue weighted by Crippen LogP contribution is 2.25. The summed E-state index contributed by atoms with van der Waals surface area (Å²) < 4.78 is 16.3. The maximum Gasteiger partial charge on any atom is 0.515 e. The number of rotatable bonds is 8. The molecule has 1 unspecified atom stereocenters. The maximum atomic E-state index is 11.0. The molecule has 90 valence electrons. The number of carboxylic acid groups (broad SMARTS) is 1. The number of hydrogen-bond donors (Lipinski definition) is 1. The van der Waals surface area contributed by atoms with E-state index in [1.54, 1.807) is 27.7 Å². The molecule has 0 aliphatic heterocycles. The second-order valence-electron chi connectivity index (χ2n) is 2.96. The minimum Gasteiger partial charge on any atom is -0.481 e. The van der Waals surface area contributed by atoms with Crippen molar-refractivity contribution in [1.82, 2.24) is 0 Å². The lowest BCUT2D eigenvalue weighted by Gasteiger charge is -2.31. The van der Waals surface area contributed by atoms with E-state index in [1.807, 2.05) is 0 Å². The fourth-order valence-electron chi connectivity index (χ4n) is 1.25. The summed E-state index contributed by atoms with van der Waals surface area (Å²) in [5.74, 6) is -0.947. The molecule has 0 aliphatic rings. The van der Waals surface area contributed by atoms with Gasteiger partial charge in [0.15, 0.2) is 0 Å². The first-order valence-electron chi connectivity index (χ1n) is 5.18. The molecule has 0 fully saturated rings. The molecule has 0 amide bonds. The van der Waals surface area contributed by atoms with Crippen LogP contribution in [0.25, 0.3) is 0 Å². The molecule has 5 nitrogen and oxygen atoms in total. The van der Waals surface area contributed by atoms with Gasteiger partial charge in [0.2, 0.25) is 0 Å². The number of aliphatic carboxylic acids is 1. The predicted octanol–water partition coefficient (Wildman–Crippen LogP) is 1.51. The highest BCUT2D eigenvalue weighted by atomic mass is 28.4. The lowest BCUT2D eigenvalue weighted by atomic mass is 10.5. The molecule has 1 atom stereocenters. The van der Waals surface area contributed by atoms with Crippen molar-refractivity contribution >= 4 is 14.8 Å². The topological polar surface area (TPSA) is 65.0 Å². The minimum absolute atomic E-state index is 0.393. The molecule has 0 bridgehead atoms. The monoisotopic (exact) mass is 236 g/mol. The van der Waals surface area contributed by atoms with Crippen molar-refractivity contribution < 1.29 is 23.2 Å². The van der Waals surface area contributed by atoms with Gasteiger partial charge < -0.3 is 18.4 Å². The normalized spacial score (nSPS) is 13.9. The van der Waals surface area contributed by atoms with Gasteiger partial charge in [-0.05, 0) is 27.7 Å². The molecule has 0 aromatic heterocycles. The van der Waals surface area contributed by atoms with Gasteiger partial charge in [-0.1, -0.05) is 0 Å². The van der Waals surface area contributed by atoms with E-state index in [2.05, 4.69) is 0 Å². The molecule has 0 radical (unpaired) electrons. The van der Waals surface area contributed by atoms with E-state index in [4.69, 9.17) is 18.4 Å². The average molecular weight is 236 g/mol. The third-order valence-corrected chi connectivity index (χ3v) is 5.32. The molecule has 0 rings (SSSR count). The van der Waals surface area contributed by atoms with E-state index in [0.29, 0.717) is 19.8 Å². The Morgan fingerprint density at radius 3 is 1.67 bits per heavy atom. The Balaban J connectivity index is 4.81. The largest absolute Gasteiger partial charge is 0.515 e. The maximum absolute atomic E-state index is 11.0. The van der Waals surface area contributed by atoms with E-state index in [9.17, 15) is 4.79 Å². The second-order valence-corrected chi connectivity index (χ2v) is 5.90. The lowest BCUT2D eigenvalue weighted by molar-refractivity contribution is -0.138. The number of carbonyl (C=O) groups is 1. The van der Waals surface area contributed by atoms with E-state index in [-0.39, 0.29) is 0 Å². The van der Waals surface area contributed by atoms with Crippen LogP contribution in [0.4, 0.5) is 0 Å². The molecule has 6 heteroatoms. The Kier molecular flexibility index (Phi) is 6.74. The van der Waals surface area contributed by atoms with Crippen molar-refractivity contribution in [1.29, 1.82) is 0 Å². The predicted molar refractivity (Wildman–Crippen MR) is 57.7 cm³/mol. The molecule has 0 aromatic carbocycles. The zero-order valence-corrected chi connectivity index (χ0v) is 10.8. The van der Waals surface area contributed by atoms with Gasteiger partial charge in [0.05, 0.1) is 0 Å². The average Bonchev–Trinajstić information content (AvgIpc) is 2.17. The fraction of sp³-hybridized carbons (Fsp3) is 0.889. The Labute approximate surface area is 91.7 Å². The Hall–Kier alpha value is -0.433. The number of hydrogen-bond acceptors (Lipinski definition) is 4. The Bertz CT molecular complexity index is 180. The van der Waals surface area contributed by atoms with Gasteiger partial charge in [-0.25, -0.2) is 0 Å². The summed E-state index contributed by atoms with van der Waals surface area (Å²) in [7, 11) is -3.06. The summed E-state index contributed by atoms with van der Waals surface area (Å²) >= 11 is 0. The first-order chi connectivity index (χ1) is 7.04. The van der Waals surface area contributed by atoms with Gasteiger partial charge in [0.25, 0.3) is 0 Å². The summed E-state index contributed by atoms with van der Waals surface area (Å²) in [5.41, 5.74) is -0.739. The SMILES string of the molecule is CCO[Si](OCC)(OCC)C(C)C(=O)O. The van der Waals surface area contributed by atoms with Crippen molar-refractivity contribution in [2.24, 2.45) is 0 Å². The van der Waals surface area contributed by atoms with Crippen LogP contribution in [-0.4, -0.2) is 39.7 Å². The van der Waals surface area contributed by atoms with Crippen molar-refractivity contribution in [3.63, 3.8) is 0 Å². The molecule has 1 N–H and O–H groups in total. The first kappa shape index (κ1) is 14.6. The van der Waals surface area contributed by atoms with Crippen LogP contribution in [-0.2, 0) is 18.1 Å². The van der Waals surface area contributed by atoms with Crippen LogP contribution in [0.1, 0.15) is 27.7 Å². The van der Waals surface area contributed by atoms with Crippen molar-refractivity contribution in [2.45, 2.75) is 33.2 Å². The summed E-state index contributed by atoms with van der Waals surface area (Å²) in [6.07, 6.45) is 0. The van der Waals surface area contributed by atoms with Crippen LogP contribution in [0.3, 0.4) is 0 Å². The second kappa shape index (κ2) is 6.94. The van der Waals surface area contributed by atoms with Gasteiger partial charge in [-0.15, -0.1) is 0 Å². The lowest BCUT2D eigenvalue weighted by Crippen LogP contribution is -2.51. The van der Waals surface area contributed by atoms with Crippen molar-refractivity contribution in [3.8, 4) is 0 Å². The standard InChI is InChI=1S/C9H20O5Si/c1-5-12-15(13-6-2,14-7-3)8(4)9(10)11/h8H,5-7H2,1-4H3,(H,10,11). The van der Waals surface area contributed by atoms with Crippen LogP contribution in [0, 0.1) is 0 Å². The Morgan fingerprint density at radius 2 is 1.47 bits per heavy atom. The van der Waals surface area contributed by atoms with Gasteiger partial charge in [0.1, 0.15) is 5.54 Å². The van der Waals surface area contributed by atoms with Gasteiger partial charge in [-0.3, -0.25) is 4.79 Å².